The van der Waals surface area contributed by atoms with Crippen LogP contribution in [0.4, 0.5) is 0 Å². The summed E-state index contributed by atoms with van der Waals surface area (Å²) in [6.45, 7) is 0. The maximum absolute atomic E-state index is 4.77. The van der Waals surface area contributed by atoms with E-state index in [1.54, 1.807) is 0 Å². The van der Waals surface area contributed by atoms with Gasteiger partial charge in [0.15, 0.2) is 0 Å². The highest BCUT2D eigenvalue weighted by Crippen LogP contribution is 2.58. The van der Waals surface area contributed by atoms with Crippen molar-refractivity contribution in [3.05, 3.63) is 29.3 Å². The van der Waals surface area contributed by atoms with E-state index >= 15 is 0 Å². The standard InChI is InChI=1S/C16H18BrNS/c17-12(16-10-5-1-2-6-11(10)16)9-15-18-13-7-3-4-8-14(13)19-15/h3-4,7-8,10-12,16H,1-2,5-6,9H2. The Balaban J connectivity index is 1.49. The number of hydrogen-bond donors (Lipinski definition) is 0. The van der Waals surface area contributed by atoms with E-state index in [1.807, 2.05) is 11.3 Å². The minimum atomic E-state index is 0.640. The molecule has 0 aliphatic heterocycles. The Morgan fingerprint density at radius 1 is 1.21 bits per heavy atom. The summed E-state index contributed by atoms with van der Waals surface area (Å²) in [6, 6.07) is 8.48. The first kappa shape index (κ1) is 12.3. The number of thiazole rings is 1. The highest BCUT2D eigenvalue weighted by Gasteiger charge is 2.53. The first-order valence-corrected chi connectivity index (χ1v) is 9.04. The number of alkyl halides is 1. The van der Waals surface area contributed by atoms with Gasteiger partial charge in [0.25, 0.3) is 0 Å². The van der Waals surface area contributed by atoms with Crippen LogP contribution in [0.25, 0.3) is 10.2 Å². The zero-order chi connectivity index (χ0) is 12.8. The van der Waals surface area contributed by atoms with E-state index in [0.29, 0.717) is 4.83 Å². The molecule has 1 heterocycles. The first-order valence-electron chi connectivity index (χ1n) is 7.31. The number of rotatable bonds is 3. The van der Waals surface area contributed by atoms with Crippen molar-refractivity contribution in [2.75, 3.05) is 0 Å². The Morgan fingerprint density at radius 3 is 2.68 bits per heavy atom. The molecule has 0 amide bonds. The molecular weight excluding hydrogens is 318 g/mol. The monoisotopic (exact) mass is 335 g/mol. The van der Waals surface area contributed by atoms with E-state index < -0.39 is 0 Å². The molecule has 4 rings (SSSR count). The van der Waals surface area contributed by atoms with Crippen LogP contribution in [0.1, 0.15) is 30.7 Å². The second-order valence-electron chi connectivity index (χ2n) is 5.98. The molecule has 3 unspecified atom stereocenters. The minimum absolute atomic E-state index is 0.640. The smallest absolute Gasteiger partial charge is 0.0949 e. The molecule has 1 aromatic heterocycles. The summed E-state index contributed by atoms with van der Waals surface area (Å²) in [5.41, 5.74) is 1.16. The van der Waals surface area contributed by atoms with Gasteiger partial charge < -0.3 is 0 Å². The molecule has 0 saturated heterocycles. The van der Waals surface area contributed by atoms with Crippen molar-refractivity contribution in [1.29, 1.82) is 0 Å². The Morgan fingerprint density at radius 2 is 1.95 bits per heavy atom. The molecule has 2 aromatic rings. The lowest BCUT2D eigenvalue weighted by Crippen LogP contribution is -2.07. The molecule has 0 spiro atoms. The summed E-state index contributed by atoms with van der Waals surface area (Å²) < 4.78 is 1.32. The molecular formula is C16H18BrNS. The van der Waals surface area contributed by atoms with Gasteiger partial charge in [0.2, 0.25) is 0 Å². The van der Waals surface area contributed by atoms with E-state index in [-0.39, 0.29) is 0 Å². The van der Waals surface area contributed by atoms with Gasteiger partial charge in [0.1, 0.15) is 0 Å². The summed E-state index contributed by atoms with van der Waals surface area (Å²) in [5.74, 6) is 2.97. The molecule has 1 nitrogen and oxygen atoms in total. The zero-order valence-corrected chi connectivity index (χ0v) is 13.3. The van der Waals surface area contributed by atoms with E-state index in [0.717, 1.165) is 29.7 Å². The molecule has 2 fully saturated rings. The van der Waals surface area contributed by atoms with Gasteiger partial charge in [-0.15, -0.1) is 11.3 Å². The molecule has 3 heteroatoms. The van der Waals surface area contributed by atoms with Crippen LogP contribution in [-0.4, -0.2) is 9.81 Å². The number of hydrogen-bond acceptors (Lipinski definition) is 2. The molecule has 3 atom stereocenters. The predicted molar refractivity (Wildman–Crippen MR) is 85.0 cm³/mol. The van der Waals surface area contributed by atoms with Crippen molar-refractivity contribution in [2.24, 2.45) is 17.8 Å². The van der Waals surface area contributed by atoms with Gasteiger partial charge in [0.05, 0.1) is 15.2 Å². The lowest BCUT2D eigenvalue weighted by atomic mass is 10.0. The normalized spacial score (nSPS) is 31.1. The average molecular weight is 336 g/mol. The molecule has 2 saturated carbocycles. The lowest BCUT2D eigenvalue weighted by molar-refractivity contribution is 0.480. The van der Waals surface area contributed by atoms with Crippen LogP contribution in [0, 0.1) is 17.8 Å². The summed E-state index contributed by atoms with van der Waals surface area (Å²) in [4.78, 5) is 5.41. The van der Waals surface area contributed by atoms with E-state index in [1.165, 1.54) is 35.4 Å². The van der Waals surface area contributed by atoms with Crippen molar-refractivity contribution in [3.63, 3.8) is 0 Å². The minimum Gasteiger partial charge on any atom is -0.241 e. The number of halogens is 1. The highest BCUT2D eigenvalue weighted by molar-refractivity contribution is 9.09. The van der Waals surface area contributed by atoms with E-state index in [4.69, 9.17) is 4.98 Å². The van der Waals surface area contributed by atoms with Gasteiger partial charge in [-0.3, -0.25) is 0 Å². The number of fused-ring (bicyclic) bond motifs is 2. The van der Waals surface area contributed by atoms with E-state index in [2.05, 4.69) is 40.2 Å². The van der Waals surface area contributed by atoms with Crippen molar-refractivity contribution in [3.8, 4) is 0 Å². The average Bonchev–Trinajstić information content (AvgIpc) is 3.02. The number of nitrogens with zero attached hydrogens (tertiary/aromatic N) is 1. The molecule has 19 heavy (non-hydrogen) atoms. The summed E-state index contributed by atoms with van der Waals surface area (Å²) in [5, 5.41) is 1.30. The third kappa shape index (κ3) is 2.25. The van der Waals surface area contributed by atoms with Gasteiger partial charge in [-0.1, -0.05) is 40.9 Å². The number of benzene rings is 1. The van der Waals surface area contributed by atoms with Gasteiger partial charge in [-0.25, -0.2) is 4.98 Å². The van der Waals surface area contributed by atoms with Crippen LogP contribution in [-0.2, 0) is 6.42 Å². The summed E-state index contributed by atoms with van der Waals surface area (Å²) >= 11 is 5.82. The predicted octanol–water partition coefficient (Wildman–Crippen LogP) is 5.04. The molecule has 0 radical (unpaired) electrons. The van der Waals surface area contributed by atoms with Crippen molar-refractivity contribution < 1.29 is 0 Å². The van der Waals surface area contributed by atoms with Crippen LogP contribution >= 0.6 is 27.3 Å². The van der Waals surface area contributed by atoms with Crippen LogP contribution in [0.5, 0.6) is 0 Å². The molecule has 2 aliphatic carbocycles. The fraction of sp³-hybridized carbons (Fsp3) is 0.562. The van der Waals surface area contributed by atoms with Gasteiger partial charge in [-0.05, 0) is 42.7 Å². The second kappa shape index (κ2) is 4.85. The maximum Gasteiger partial charge on any atom is 0.0949 e. The van der Waals surface area contributed by atoms with Gasteiger partial charge in [-0.2, -0.15) is 0 Å². The maximum atomic E-state index is 4.77. The van der Waals surface area contributed by atoms with Crippen LogP contribution in [0.3, 0.4) is 0 Å². The van der Waals surface area contributed by atoms with Gasteiger partial charge in [0, 0.05) is 11.2 Å². The number of para-hydroxylation sites is 1. The third-order valence-corrected chi connectivity index (χ3v) is 6.84. The fourth-order valence-electron chi connectivity index (χ4n) is 3.89. The molecule has 2 aliphatic rings. The quantitative estimate of drug-likeness (QED) is 0.716. The van der Waals surface area contributed by atoms with Crippen molar-refractivity contribution in [2.45, 2.75) is 36.9 Å². The van der Waals surface area contributed by atoms with Crippen LogP contribution < -0.4 is 0 Å². The second-order valence-corrected chi connectivity index (χ2v) is 8.28. The molecule has 1 aromatic carbocycles. The lowest BCUT2D eigenvalue weighted by Gasteiger charge is -2.06. The Labute approximate surface area is 126 Å². The first-order chi connectivity index (χ1) is 9.33. The summed E-state index contributed by atoms with van der Waals surface area (Å²) in [7, 11) is 0. The fourth-order valence-corrected chi connectivity index (χ4v) is 6.22. The number of aromatic nitrogens is 1. The summed E-state index contributed by atoms with van der Waals surface area (Å²) in [6.07, 6.45) is 6.96. The largest absolute Gasteiger partial charge is 0.241 e. The third-order valence-electron chi connectivity index (χ3n) is 4.85. The van der Waals surface area contributed by atoms with Crippen LogP contribution in [0.15, 0.2) is 24.3 Å². The Bertz CT molecular complexity index is 548. The van der Waals surface area contributed by atoms with Gasteiger partial charge >= 0.3 is 0 Å². The van der Waals surface area contributed by atoms with Crippen LogP contribution in [0.2, 0.25) is 0 Å². The molecule has 0 N–H and O–H groups in total. The zero-order valence-electron chi connectivity index (χ0n) is 10.9. The molecule has 0 bridgehead atoms. The highest BCUT2D eigenvalue weighted by atomic mass is 79.9. The topological polar surface area (TPSA) is 12.9 Å². The SMILES string of the molecule is BrC(Cc1nc2ccccc2s1)C1C2CCCCC21. The van der Waals surface area contributed by atoms with E-state index in [9.17, 15) is 0 Å². The Hall–Kier alpha value is -0.410. The molecule has 100 valence electrons. The van der Waals surface area contributed by atoms with Crippen molar-refractivity contribution in [1.82, 2.24) is 4.98 Å². The Kier molecular flexibility index (Phi) is 3.15. The van der Waals surface area contributed by atoms with Crippen molar-refractivity contribution >= 4 is 37.5 Å².